The molecule has 0 bridgehead atoms. The summed E-state index contributed by atoms with van der Waals surface area (Å²) in [4.78, 5) is 14.9. The number of H-pyrrole nitrogens is 1. The molecule has 1 aromatic heterocycles. The van der Waals surface area contributed by atoms with E-state index in [-0.39, 0.29) is 5.56 Å². The summed E-state index contributed by atoms with van der Waals surface area (Å²) in [6.07, 6.45) is 0.227. The van der Waals surface area contributed by atoms with Gasteiger partial charge in [-0.25, -0.2) is 13.6 Å². The first-order valence-electron chi connectivity index (χ1n) is 10.0. The molecule has 0 saturated carbocycles. The lowest BCUT2D eigenvalue weighted by Crippen LogP contribution is -2.39. The van der Waals surface area contributed by atoms with E-state index < -0.39 is 36.0 Å². The summed E-state index contributed by atoms with van der Waals surface area (Å²) in [5.74, 6) is -2.50. The van der Waals surface area contributed by atoms with Gasteiger partial charge in [0.05, 0.1) is 5.71 Å². The van der Waals surface area contributed by atoms with Crippen LogP contribution < -0.4 is 0 Å². The number of fused-ring (bicyclic) bond motifs is 1. The van der Waals surface area contributed by atoms with Gasteiger partial charge in [0.15, 0.2) is 0 Å². The van der Waals surface area contributed by atoms with Crippen LogP contribution in [-0.2, 0) is 11.2 Å². The number of carboxylic acids is 1. The van der Waals surface area contributed by atoms with Crippen molar-refractivity contribution in [1.82, 2.24) is 4.98 Å². The van der Waals surface area contributed by atoms with Gasteiger partial charge in [-0.1, -0.05) is 53.2 Å². The first-order valence-corrected chi connectivity index (χ1v) is 10.4. The number of hydrogen-bond donors (Lipinski definition) is 3. The molecule has 0 radical (unpaired) electrons. The van der Waals surface area contributed by atoms with E-state index in [0.717, 1.165) is 5.52 Å². The molecule has 0 spiro atoms. The number of hydrogen-bond acceptors (Lipinski definition) is 3. The number of aromatic amines is 1. The molecule has 1 atom stereocenters. The van der Waals surface area contributed by atoms with Gasteiger partial charge in [0, 0.05) is 40.5 Å². The van der Waals surface area contributed by atoms with Crippen LogP contribution in [0.1, 0.15) is 17.5 Å². The second-order valence-electron chi connectivity index (χ2n) is 7.73. The summed E-state index contributed by atoms with van der Waals surface area (Å²) in [7, 11) is 0. The van der Waals surface area contributed by atoms with Crippen LogP contribution in [-0.4, -0.2) is 32.6 Å². The molecule has 168 valence electrons. The number of para-hydroxylation sites is 1. The fourth-order valence-electron chi connectivity index (χ4n) is 3.81. The van der Waals surface area contributed by atoms with Crippen LogP contribution in [0.15, 0.2) is 78.1 Å². The Balaban J connectivity index is 1.63. The van der Waals surface area contributed by atoms with Crippen LogP contribution >= 0.6 is 11.6 Å². The average Bonchev–Trinajstić information content (AvgIpc) is 3.20. The number of nitrogens with zero attached hydrogens (tertiary/aromatic N) is 1. The first-order chi connectivity index (χ1) is 15.8. The molecule has 4 rings (SSSR count). The molecule has 3 aromatic carbocycles. The van der Waals surface area contributed by atoms with Crippen molar-refractivity contribution in [1.29, 1.82) is 0 Å². The smallest absolute Gasteiger partial charge is 0.342 e. The van der Waals surface area contributed by atoms with Gasteiger partial charge in [-0.05, 0) is 47.0 Å². The molecule has 8 heteroatoms. The normalized spacial score (nSPS) is 13.7. The maximum Gasteiger partial charge on any atom is 0.342 e. The van der Waals surface area contributed by atoms with Crippen molar-refractivity contribution < 1.29 is 23.9 Å². The van der Waals surface area contributed by atoms with E-state index in [2.05, 4.69) is 10.1 Å². The van der Waals surface area contributed by atoms with Crippen LogP contribution in [0.25, 0.3) is 22.0 Å². The molecule has 0 saturated heterocycles. The van der Waals surface area contributed by atoms with Gasteiger partial charge in [-0.3, -0.25) is 0 Å². The quantitative estimate of drug-likeness (QED) is 0.171. The highest BCUT2D eigenvalue weighted by atomic mass is 35.5. The summed E-state index contributed by atoms with van der Waals surface area (Å²) >= 11 is 5.88. The minimum atomic E-state index is -2.83. The molecular weight excluding hydrogens is 450 g/mol. The predicted octanol–water partition coefficient (Wildman–Crippen LogP) is 6.23. The molecule has 3 N–H and O–H groups in total. The Morgan fingerprint density at radius 3 is 2.42 bits per heavy atom. The minimum Gasteiger partial charge on any atom is -0.479 e. The number of aromatic nitrogens is 1. The number of rotatable bonds is 7. The highest BCUT2D eigenvalue weighted by molar-refractivity contribution is 6.30. The van der Waals surface area contributed by atoms with E-state index in [9.17, 15) is 19.5 Å². The summed E-state index contributed by atoms with van der Waals surface area (Å²) in [5, 5.41) is 23.4. The number of carbonyl (C=O) groups is 1. The van der Waals surface area contributed by atoms with Gasteiger partial charge < -0.3 is 15.3 Å². The van der Waals surface area contributed by atoms with Gasteiger partial charge in [-0.2, -0.15) is 0 Å². The number of carboxylic acid groups (broad SMARTS) is 1. The second-order valence-corrected chi connectivity index (χ2v) is 8.17. The van der Waals surface area contributed by atoms with E-state index in [0.29, 0.717) is 27.1 Å². The molecule has 4 aromatic rings. The molecule has 0 fully saturated rings. The fraction of sp³-hybridized carbons (Fsp3) is 0.120. The summed E-state index contributed by atoms with van der Waals surface area (Å²) in [6, 6.07) is 18.0. The summed E-state index contributed by atoms with van der Waals surface area (Å²) in [6.45, 7) is 0. The van der Waals surface area contributed by atoms with Gasteiger partial charge >= 0.3 is 5.97 Å². The van der Waals surface area contributed by atoms with E-state index in [1.54, 1.807) is 60.8 Å². The zero-order valence-electron chi connectivity index (χ0n) is 17.2. The third kappa shape index (κ3) is 4.59. The monoisotopic (exact) mass is 468 g/mol. The lowest BCUT2D eigenvalue weighted by atomic mass is 9.88. The maximum absolute atomic E-state index is 15.7. The predicted molar refractivity (Wildman–Crippen MR) is 123 cm³/mol. The first kappa shape index (κ1) is 22.5. The van der Waals surface area contributed by atoms with Crippen molar-refractivity contribution in [3.8, 4) is 11.1 Å². The Hall–Kier alpha value is -3.71. The Labute approximate surface area is 192 Å². The van der Waals surface area contributed by atoms with Gasteiger partial charge in [-0.15, -0.1) is 0 Å². The number of nitrogens with one attached hydrogen (secondary N) is 1. The largest absolute Gasteiger partial charge is 0.479 e. The molecule has 5 nitrogen and oxygen atoms in total. The zero-order chi connectivity index (χ0) is 23.6. The average molecular weight is 469 g/mol. The number of benzene rings is 3. The Morgan fingerprint density at radius 1 is 1.06 bits per heavy atom. The number of halogens is 3. The van der Waals surface area contributed by atoms with E-state index in [1.165, 1.54) is 12.1 Å². The van der Waals surface area contributed by atoms with Crippen LogP contribution in [0.2, 0.25) is 5.02 Å². The highest BCUT2D eigenvalue weighted by Crippen LogP contribution is 2.31. The number of aliphatic carboxylic acids is 1. The topological polar surface area (TPSA) is 85.7 Å². The molecule has 0 aliphatic rings. The Morgan fingerprint density at radius 2 is 1.76 bits per heavy atom. The molecule has 0 aliphatic carbocycles. The molecule has 0 amide bonds. The van der Waals surface area contributed by atoms with Gasteiger partial charge in [0.25, 0.3) is 0 Å². The van der Waals surface area contributed by atoms with Crippen LogP contribution in [0.3, 0.4) is 0 Å². The van der Waals surface area contributed by atoms with Crippen molar-refractivity contribution >= 4 is 34.2 Å². The van der Waals surface area contributed by atoms with E-state index in [1.807, 2.05) is 0 Å². The standard InChI is InChI=1S/C25H19ClF2N2O3/c26-18-8-5-15(6-9-18)16-7-10-20(21(27)11-16)23(30-33)13-25(28,24(31)32)12-17-14-29-22-4-2-1-3-19(17)22/h1-11,14,29,33H,12-13H2,(H,31,32). The van der Waals surface area contributed by atoms with E-state index >= 15 is 4.39 Å². The molecular formula is C25H19ClF2N2O3. The van der Waals surface area contributed by atoms with Crippen molar-refractivity contribution in [3.63, 3.8) is 0 Å². The molecule has 33 heavy (non-hydrogen) atoms. The van der Waals surface area contributed by atoms with Crippen molar-refractivity contribution in [2.24, 2.45) is 5.16 Å². The lowest BCUT2D eigenvalue weighted by Gasteiger charge is -2.21. The third-order valence-electron chi connectivity index (χ3n) is 5.55. The Bertz CT molecular complexity index is 1350. The third-order valence-corrected chi connectivity index (χ3v) is 5.81. The summed E-state index contributed by atoms with van der Waals surface area (Å²) in [5.41, 5.74) is -0.983. The fourth-order valence-corrected chi connectivity index (χ4v) is 3.94. The van der Waals surface area contributed by atoms with Gasteiger partial charge in [0.1, 0.15) is 5.82 Å². The van der Waals surface area contributed by atoms with Crippen LogP contribution in [0.4, 0.5) is 8.78 Å². The van der Waals surface area contributed by atoms with Crippen LogP contribution in [0, 0.1) is 5.82 Å². The minimum absolute atomic E-state index is 0.183. The van der Waals surface area contributed by atoms with E-state index in [4.69, 9.17) is 11.6 Å². The maximum atomic E-state index is 15.7. The second kappa shape index (κ2) is 9.03. The van der Waals surface area contributed by atoms with Crippen molar-refractivity contribution in [2.75, 3.05) is 0 Å². The Kier molecular flexibility index (Phi) is 6.16. The zero-order valence-corrected chi connectivity index (χ0v) is 18.0. The molecule has 0 aliphatic heterocycles. The van der Waals surface area contributed by atoms with Crippen molar-refractivity contribution in [2.45, 2.75) is 18.5 Å². The highest BCUT2D eigenvalue weighted by Gasteiger charge is 2.41. The van der Waals surface area contributed by atoms with Crippen LogP contribution in [0.5, 0.6) is 0 Å². The van der Waals surface area contributed by atoms with Gasteiger partial charge in [0.2, 0.25) is 5.67 Å². The SMILES string of the molecule is O=C(O)C(F)(CC(=NO)c1ccc(-c2ccc(Cl)cc2)cc1F)Cc1c[nH]c2ccccc12. The number of alkyl halides is 1. The van der Waals surface area contributed by atoms with Crippen molar-refractivity contribution in [3.05, 3.63) is 94.9 Å². The summed E-state index contributed by atoms with van der Waals surface area (Å²) < 4.78 is 30.6. The lowest BCUT2D eigenvalue weighted by molar-refractivity contribution is -0.150. The molecule has 1 heterocycles. The molecule has 1 unspecified atom stereocenters. The number of oxime groups is 1.